The van der Waals surface area contributed by atoms with Crippen LogP contribution in [-0.2, 0) is 0 Å². The Hall–Kier alpha value is -2.60. The molecule has 0 bridgehead atoms. The lowest BCUT2D eigenvalue weighted by molar-refractivity contribution is 0.0695. The first kappa shape index (κ1) is 15.9. The van der Waals surface area contributed by atoms with E-state index in [4.69, 9.17) is 11.6 Å². The second kappa shape index (κ2) is 6.37. The highest BCUT2D eigenvalue weighted by Crippen LogP contribution is 2.26. The molecule has 1 aromatic carbocycles. The summed E-state index contributed by atoms with van der Waals surface area (Å²) in [5.74, 6) is -0.108. The normalized spacial score (nSPS) is 15.6. The van der Waals surface area contributed by atoms with Crippen molar-refractivity contribution < 1.29 is 4.79 Å². The topological polar surface area (TPSA) is 71.0 Å². The summed E-state index contributed by atoms with van der Waals surface area (Å²) in [6.07, 6.45) is 4.52. The van der Waals surface area contributed by atoms with Gasteiger partial charge >= 0.3 is 5.69 Å². The number of likely N-dealkylation sites (tertiary alicyclic amines) is 1. The van der Waals surface area contributed by atoms with Crippen molar-refractivity contribution in [2.75, 3.05) is 13.1 Å². The van der Waals surface area contributed by atoms with Crippen LogP contribution in [0, 0.1) is 0 Å². The number of imidazole rings is 1. The number of carbonyl (C=O) groups is 1. The molecule has 7 heteroatoms. The van der Waals surface area contributed by atoms with E-state index in [2.05, 4.69) is 9.97 Å². The Labute approximate surface area is 149 Å². The molecule has 1 fully saturated rings. The zero-order valence-corrected chi connectivity index (χ0v) is 14.2. The van der Waals surface area contributed by atoms with Crippen molar-refractivity contribution in [2.24, 2.45) is 0 Å². The quantitative estimate of drug-likeness (QED) is 0.767. The lowest BCUT2D eigenvalue weighted by Gasteiger charge is -2.32. The zero-order valence-electron chi connectivity index (χ0n) is 13.5. The summed E-state index contributed by atoms with van der Waals surface area (Å²) in [5.41, 5.74) is 2.08. The summed E-state index contributed by atoms with van der Waals surface area (Å²) in [7, 11) is 0. The highest BCUT2D eigenvalue weighted by atomic mass is 35.5. The number of nitrogens with one attached hydrogen (secondary N) is 1. The first-order valence-electron chi connectivity index (χ1n) is 8.23. The fourth-order valence-electron chi connectivity index (χ4n) is 3.47. The number of piperidine rings is 1. The molecule has 1 aliphatic rings. The van der Waals surface area contributed by atoms with Crippen LogP contribution < -0.4 is 5.69 Å². The Morgan fingerprint density at radius 1 is 1.20 bits per heavy atom. The Balaban J connectivity index is 1.54. The number of aromatic amines is 1. The van der Waals surface area contributed by atoms with Crippen LogP contribution in [0.4, 0.5) is 0 Å². The number of hydrogen-bond acceptors (Lipinski definition) is 3. The summed E-state index contributed by atoms with van der Waals surface area (Å²) in [6, 6.07) is 9.37. The molecule has 0 unspecified atom stereocenters. The third kappa shape index (κ3) is 2.82. The maximum atomic E-state index is 12.6. The second-order valence-corrected chi connectivity index (χ2v) is 6.60. The van der Waals surface area contributed by atoms with Crippen LogP contribution >= 0.6 is 11.6 Å². The minimum Gasteiger partial charge on any atom is -0.338 e. The Morgan fingerprint density at radius 2 is 1.96 bits per heavy atom. The van der Waals surface area contributed by atoms with Crippen molar-refractivity contribution in [3.63, 3.8) is 0 Å². The number of halogens is 1. The number of hydrogen-bond donors (Lipinski definition) is 1. The molecule has 1 aliphatic heterocycles. The van der Waals surface area contributed by atoms with Crippen molar-refractivity contribution in [3.8, 4) is 0 Å². The van der Waals surface area contributed by atoms with Gasteiger partial charge in [0.25, 0.3) is 5.91 Å². The zero-order chi connectivity index (χ0) is 17.4. The SMILES string of the molecule is O=C(c1cnccc1Cl)N1CCC(n2c(=O)[nH]c3ccccc32)CC1. The minimum absolute atomic E-state index is 0.0806. The van der Waals surface area contributed by atoms with Crippen LogP contribution in [0.25, 0.3) is 11.0 Å². The number of para-hydroxylation sites is 2. The monoisotopic (exact) mass is 356 g/mol. The summed E-state index contributed by atoms with van der Waals surface area (Å²) >= 11 is 6.10. The maximum Gasteiger partial charge on any atom is 0.326 e. The number of aromatic nitrogens is 3. The van der Waals surface area contributed by atoms with Gasteiger partial charge in [-0.1, -0.05) is 23.7 Å². The van der Waals surface area contributed by atoms with Gasteiger partial charge in [-0.15, -0.1) is 0 Å². The van der Waals surface area contributed by atoms with Crippen LogP contribution in [-0.4, -0.2) is 38.4 Å². The molecule has 1 amide bonds. The number of pyridine rings is 1. The van der Waals surface area contributed by atoms with Crippen molar-refractivity contribution >= 4 is 28.5 Å². The second-order valence-electron chi connectivity index (χ2n) is 6.20. The molecular weight excluding hydrogens is 340 g/mol. The number of carbonyl (C=O) groups excluding carboxylic acids is 1. The molecule has 1 N–H and O–H groups in total. The predicted molar refractivity (Wildman–Crippen MR) is 96.0 cm³/mol. The van der Waals surface area contributed by atoms with E-state index < -0.39 is 0 Å². The molecule has 0 radical (unpaired) electrons. The van der Waals surface area contributed by atoms with E-state index >= 15 is 0 Å². The predicted octanol–water partition coefficient (Wildman–Crippen LogP) is 2.86. The van der Waals surface area contributed by atoms with E-state index in [0.29, 0.717) is 23.7 Å². The average molecular weight is 357 g/mol. The molecule has 25 heavy (non-hydrogen) atoms. The van der Waals surface area contributed by atoms with Crippen molar-refractivity contribution in [1.82, 2.24) is 19.4 Å². The standard InChI is InChI=1S/C18H17ClN4O2/c19-14-5-8-20-11-13(14)17(24)22-9-6-12(7-10-22)23-16-4-2-1-3-15(16)21-18(23)25/h1-5,8,11-12H,6-7,9-10H2,(H,21,25). The molecule has 0 atom stereocenters. The highest BCUT2D eigenvalue weighted by molar-refractivity contribution is 6.33. The van der Waals surface area contributed by atoms with E-state index in [1.807, 2.05) is 28.8 Å². The van der Waals surface area contributed by atoms with E-state index in [0.717, 1.165) is 23.9 Å². The Bertz CT molecular complexity index is 986. The number of fused-ring (bicyclic) bond motifs is 1. The largest absolute Gasteiger partial charge is 0.338 e. The lowest BCUT2D eigenvalue weighted by Crippen LogP contribution is -2.40. The van der Waals surface area contributed by atoms with E-state index in [1.165, 1.54) is 6.20 Å². The van der Waals surface area contributed by atoms with Crippen LogP contribution in [0.1, 0.15) is 29.2 Å². The molecule has 0 saturated carbocycles. The van der Waals surface area contributed by atoms with E-state index in [-0.39, 0.29) is 17.6 Å². The summed E-state index contributed by atoms with van der Waals surface area (Å²) in [4.78, 5) is 33.6. The summed E-state index contributed by atoms with van der Waals surface area (Å²) in [5, 5.41) is 0.412. The molecular formula is C18H17ClN4O2. The summed E-state index contributed by atoms with van der Waals surface area (Å²) < 4.78 is 1.81. The fourth-order valence-corrected chi connectivity index (χ4v) is 3.66. The van der Waals surface area contributed by atoms with Gasteiger partial charge < -0.3 is 9.88 Å². The first-order chi connectivity index (χ1) is 12.1. The van der Waals surface area contributed by atoms with Crippen LogP contribution in [0.15, 0.2) is 47.5 Å². The minimum atomic E-state index is -0.108. The number of nitrogens with zero attached hydrogens (tertiary/aromatic N) is 3. The van der Waals surface area contributed by atoms with Gasteiger partial charge in [-0.3, -0.25) is 14.3 Å². The first-order valence-corrected chi connectivity index (χ1v) is 8.61. The van der Waals surface area contributed by atoms with Crippen LogP contribution in [0.2, 0.25) is 5.02 Å². The Kier molecular flexibility index (Phi) is 4.05. The maximum absolute atomic E-state index is 12.6. The van der Waals surface area contributed by atoms with Crippen molar-refractivity contribution in [1.29, 1.82) is 0 Å². The van der Waals surface area contributed by atoms with Gasteiger partial charge in [0.1, 0.15) is 0 Å². The van der Waals surface area contributed by atoms with Gasteiger partial charge in [-0.2, -0.15) is 0 Å². The summed E-state index contributed by atoms with van der Waals surface area (Å²) in [6.45, 7) is 1.17. The molecule has 128 valence electrons. The number of rotatable bonds is 2. The number of H-pyrrole nitrogens is 1. The van der Waals surface area contributed by atoms with E-state index in [9.17, 15) is 9.59 Å². The van der Waals surface area contributed by atoms with Gasteiger partial charge in [-0.25, -0.2) is 4.79 Å². The van der Waals surface area contributed by atoms with Crippen molar-refractivity contribution in [2.45, 2.75) is 18.9 Å². The van der Waals surface area contributed by atoms with Gasteiger partial charge in [-0.05, 0) is 31.0 Å². The molecule has 4 rings (SSSR count). The Morgan fingerprint density at radius 3 is 2.72 bits per heavy atom. The average Bonchev–Trinajstić information content (AvgIpc) is 2.97. The molecule has 1 saturated heterocycles. The molecule has 6 nitrogen and oxygen atoms in total. The third-order valence-corrected chi connectivity index (χ3v) is 5.07. The molecule has 3 aromatic rings. The molecule has 2 aromatic heterocycles. The van der Waals surface area contributed by atoms with Crippen LogP contribution in [0.3, 0.4) is 0 Å². The highest BCUT2D eigenvalue weighted by Gasteiger charge is 2.27. The van der Waals surface area contributed by atoms with E-state index in [1.54, 1.807) is 17.2 Å². The van der Waals surface area contributed by atoms with Gasteiger partial charge in [0.15, 0.2) is 0 Å². The molecule has 0 spiro atoms. The molecule has 0 aliphatic carbocycles. The smallest absolute Gasteiger partial charge is 0.326 e. The van der Waals surface area contributed by atoms with Gasteiger partial charge in [0.2, 0.25) is 0 Å². The van der Waals surface area contributed by atoms with Crippen LogP contribution in [0.5, 0.6) is 0 Å². The molecule has 3 heterocycles. The van der Waals surface area contributed by atoms with Gasteiger partial charge in [0.05, 0.1) is 21.6 Å². The fraction of sp³-hybridized carbons (Fsp3) is 0.278. The lowest BCUT2D eigenvalue weighted by atomic mass is 10.0. The van der Waals surface area contributed by atoms with Crippen molar-refractivity contribution in [3.05, 3.63) is 63.8 Å². The van der Waals surface area contributed by atoms with Gasteiger partial charge in [0, 0.05) is 31.5 Å². The number of benzene rings is 1. The third-order valence-electron chi connectivity index (χ3n) is 4.74. The number of amides is 1.